The van der Waals surface area contributed by atoms with Gasteiger partial charge in [0.15, 0.2) is 5.76 Å². The van der Waals surface area contributed by atoms with E-state index in [0.29, 0.717) is 16.9 Å². The quantitative estimate of drug-likeness (QED) is 0.663. The first kappa shape index (κ1) is 16.4. The third-order valence-electron chi connectivity index (χ3n) is 4.18. The molecule has 0 saturated heterocycles. The van der Waals surface area contributed by atoms with Crippen LogP contribution < -0.4 is 0 Å². The standard InChI is InChI=1S/C22H16O3S/c23-26(24)20(17-10-4-1-5-11-17)16-25-21(18-12-6-2-7-13-18)22(26)19-14-8-3-9-15-19/h1-16H. The zero-order valence-corrected chi connectivity index (χ0v) is 14.7. The van der Waals surface area contributed by atoms with Gasteiger partial charge in [0, 0.05) is 5.56 Å². The molecule has 0 fully saturated rings. The normalized spacial score (nSPS) is 15.9. The zero-order valence-electron chi connectivity index (χ0n) is 13.9. The van der Waals surface area contributed by atoms with E-state index in [4.69, 9.17) is 4.74 Å². The van der Waals surface area contributed by atoms with E-state index in [-0.39, 0.29) is 9.81 Å². The Labute approximate surface area is 152 Å². The molecular weight excluding hydrogens is 344 g/mol. The minimum Gasteiger partial charge on any atom is -0.462 e. The highest BCUT2D eigenvalue weighted by Crippen LogP contribution is 2.42. The second-order valence-corrected chi connectivity index (χ2v) is 7.71. The second-order valence-electron chi connectivity index (χ2n) is 5.86. The predicted octanol–water partition coefficient (Wildman–Crippen LogP) is 4.96. The molecule has 4 heteroatoms. The van der Waals surface area contributed by atoms with Crippen LogP contribution in [0, 0.1) is 0 Å². The highest BCUT2D eigenvalue weighted by atomic mass is 32.2. The molecule has 0 spiro atoms. The Morgan fingerprint density at radius 1 is 0.577 bits per heavy atom. The van der Waals surface area contributed by atoms with E-state index in [1.165, 1.54) is 6.26 Å². The Morgan fingerprint density at radius 2 is 1.04 bits per heavy atom. The minimum absolute atomic E-state index is 0.164. The van der Waals surface area contributed by atoms with Crippen molar-refractivity contribution in [2.45, 2.75) is 0 Å². The van der Waals surface area contributed by atoms with Crippen molar-refractivity contribution in [3.63, 3.8) is 0 Å². The van der Waals surface area contributed by atoms with Gasteiger partial charge in [-0.25, -0.2) is 8.42 Å². The molecule has 0 amide bonds. The van der Waals surface area contributed by atoms with Crippen LogP contribution in [0.25, 0.3) is 15.6 Å². The fourth-order valence-corrected chi connectivity index (χ4v) is 4.65. The van der Waals surface area contributed by atoms with E-state index >= 15 is 0 Å². The summed E-state index contributed by atoms with van der Waals surface area (Å²) in [5.41, 5.74) is 1.93. The molecule has 0 atom stereocenters. The molecule has 0 unspecified atom stereocenters. The average Bonchev–Trinajstić information content (AvgIpc) is 2.69. The second kappa shape index (κ2) is 6.65. The number of sulfone groups is 1. The van der Waals surface area contributed by atoms with E-state index < -0.39 is 9.84 Å². The van der Waals surface area contributed by atoms with Gasteiger partial charge in [0.2, 0.25) is 9.84 Å². The Morgan fingerprint density at radius 3 is 1.58 bits per heavy atom. The van der Waals surface area contributed by atoms with E-state index in [9.17, 15) is 8.42 Å². The number of benzene rings is 3. The summed E-state index contributed by atoms with van der Waals surface area (Å²) in [6, 6.07) is 27.4. The van der Waals surface area contributed by atoms with Crippen molar-refractivity contribution in [1.29, 1.82) is 0 Å². The smallest absolute Gasteiger partial charge is 0.214 e. The van der Waals surface area contributed by atoms with Crippen LogP contribution in [-0.2, 0) is 14.6 Å². The molecule has 128 valence electrons. The Bertz CT molecular complexity index is 1080. The van der Waals surface area contributed by atoms with Gasteiger partial charge in [0.05, 0.1) is 0 Å². The van der Waals surface area contributed by atoms with Gasteiger partial charge in [-0.15, -0.1) is 0 Å². The molecule has 3 aromatic carbocycles. The van der Waals surface area contributed by atoms with Crippen molar-refractivity contribution in [2.24, 2.45) is 0 Å². The SMILES string of the molecule is O=S1(=O)C(c2ccccc2)=COC(c2ccccc2)=C1c1ccccc1. The molecule has 4 rings (SSSR count). The molecule has 0 aromatic heterocycles. The minimum atomic E-state index is -3.75. The Hall–Kier alpha value is -3.11. The maximum absolute atomic E-state index is 13.5. The van der Waals surface area contributed by atoms with Gasteiger partial charge in [-0.05, 0) is 11.1 Å². The summed E-state index contributed by atoms with van der Waals surface area (Å²) in [5, 5.41) is 0. The molecule has 0 radical (unpaired) electrons. The summed E-state index contributed by atoms with van der Waals surface area (Å²) in [6.45, 7) is 0. The van der Waals surface area contributed by atoms with Crippen molar-refractivity contribution >= 4 is 25.4 Å². The van der Waals surface area contributed by atoms with Gasteiger partial charge in [0.25, 0.3) is 0 Å². The van der Waals surface area contributed by atoms with Crippen molar-refractivity contribution in [3.8, 4) is 0 Å². The monoisotopic (exact) mass is 360 g/mol. The van der Waals surface area contributed by atoms with Gasteiger partial charge in [-0.1, -0.05) is 91.0 Å². The molecule has 0 saturated carbocycles. The lowest BCUT2D eigenvalue weighted by Gasteiger charge is -2.22. The van der Waals surface area contributed by atoms with Crippen LogP contribution >= 0.6 is 0 Å². The van der Waals surface area contributed by atoms with Gasteiger partial charge < -0.3 is 4.74 Å². The lowest BCUT2D eigenvalue weighted by molar-refractivity contribution is 0.439. The van der Waals surface area contributed by atoms with Gasteiger partial charge >= 0.3 is 0 Å². The molecule has 3 nitrogen and oxygen atoms in total. The highest BCUT2D eigenvalue weighted by Gasteiger charge is 2.34. The molecule has 3 aromatic rings. The summed E-state index contributed by atoms with van der Waals surface area (Å²) < 4.78 is 32.9. The summed E-state index contributed by atoms with van der Waals surface area (Å²) in [7, 11) is -3.75. The maximum atomic E-state index is 13.5. The van der Waals surface area contributed by atoms with Crippen molar-refractivity contribution in [3.05, 3.63) is 114 Å². The first-order chi connectivity index (χ1) is 12.7. The van der Waals surface area contributed by atoms with Crippen molar-refractivity contribution in [2.75, 3.05) is 0 Å². The van der Waals surface area contributed by atoms with Crippen LogP contribution in [0.5, 0.6) is 0 Å². The fourth-order valence-electron chi connectivity index (χ4n) is 2.95. The maximum Gasteiger partial charge on any atom is 0.214 e. The number of rotatable bonds is 3. The van der Waals surface area contributed by atoms with E-state index in [0.717, 1.165) is 5.56 Å². The zero-order chi connectivity index (χ0) is 18.0. The molecule has 1 heterocycles. The Kier molecular flexibility index (Phi) is 4.19. The van der Waals surface area contributed by atoms with E-state index in [2.05, 4.69) is 0 Å². The third-order valence-corrected chi connectivity index (χ3v) is 6.05. The molecule has 0 aliphatic carbocycles. The van der Waals surface area contributed by atoms with Gasteiger partial charge in [-0.3, -0.25) is 0 Å². The summed E-state index contributed by atoms with van der Waals surface area (Å²) in [5.74, 6) is 0.344. The van der Waals surface area contributed by atoms with Gasteiger partial charge in [-0.2, -0.15) is 0 Å². The van der Waals surface area contributed by atoms with Crippen LogP contribution in [0.15, 0.2) is 97.3 Å². The number of hydrogen-bond donors (Lipinski definition) is 0. The largest absolute Gasteiger partial charge is 0.462 e. The van der Waals surface area contributed by atoms with E-state index in [1.807, 2.05) is 66.7 Å². The first-order valence-electron chi connectivity index (χ1n) is 8.20. The molecular formula is C22H16O3S. The number of hydrogen-bond acceptors (Lipinski definition) is 3. The fraction of sp³-hybridized carbons (Fsp3) is 0. The van der Waals surface area contributed by atoms with Crippen LogP contribution in [0.4, 0.5) is 0 Å². The molecule has 1 aliphatic rings. The third kappa shape index (κ3) is 2.85. The lowest BCUT2D eigenvalue weighted by Crippen LogP contribution is -2.13. The van der Waals surface area contributed by atoms with Crippen LogP contribution in [0.2, 0.25) is 0 Å². The average molecular weight is 360 g/mol. The van der Waals surface area contributed by atoms with Crippen molar-refractivity contribution in [1.82, 2.24) is 0 Å². The van der Waals surface area contributed by atoms with E-state index in [1.54, 1.807) is 24.3 Å². The summed E-state index contributed by atoms with van der Waals surface area (Å²) >= 11 is 0. The molecule has 26 heavy (non-hydrogen) atoms. The van der Waals surface area contributed by atoms with Crippen LogP contribution in [0.1, 0.15) is 16.7 Å². The van der Waals surface area contributed by atoms with Crippen LogP contribution in [-0.4, -0.2) is 8.42 Å². The summed E-state index contributed by atoms with van der Waals surface area (Å²) in [6.07, 6.45) is 1.33. The molecule has 0 bridgehead atoms. The predicted molar refractivity (Wildman–Crippen MR) is 104 cm³/mol. The molecule has 0 N–H and O–H groups in total. The first-order valence-corrected chi connectivity index (χ1v) is 9.69. The van der Waals surface area contributed by atoms with Crippen molar-refractivity contribution < 1.29 is 13.2 Å². The topological polar surface area (TPSA) is 43.4 Å². The lowest BCUT2D eigenvalue weighted by atomic mass is 10.1. The number of ether oxygens (including phenoxy) is 1. The highest BCUT2D eigenvalue weighted by molar-refractivity contribution is 8.09. The molecule has 1 aliphatic heterocycles. The van der Waals surface area contributed by atoms with Crippen LogP contribution in [0.3, 0.4) is 0 Å². The van der Waals surface area contributed by atoms with Gasteiger partial charge in [0.1, 0.15) is 16.1 Å². The Balaban J connectivity index is 1.96. The summed E-state index contributed by atoms with van der Waals surface area (Å²) in [4.78, 5) is 0.349.